The van der Waals surface area contributed by atoms with Crippen molar-refractivity contribution in [2.24, 2.45) is 0 Å². The Bertz CT molecular complexity index is 794. The third kappa shape index (κ3) is 3.61. The van der Waals surface area contributed by atoms with Gasteiger partial charge in [-0.1, -0.05) is 0 Å². The fraction of sp³-hybridized carbons (Fsp3) is 0.958. The highest BCUT2D eigenvalue weighted by Crippen LogP contribution is 2.54. The summed E-state index contributed by atoms with van der Waals surface area (Å²) in [5.74, 6) is 0. The van der Waals surface area contributed by atoms with Crippen molar-refractivity contribution in [2.45, 2.75) is 139 Å². The minimum absolute atomic E-state index is 0.457. The van der Waals surface area contributed by atoms with Gasteiger partial charge in [0.05, 0.1) is 17.8 Å². The largest absolute Gasteiger partial charge is 0.393 e. The number of aldehydes is 1. The van der Waals surface area contributed by atoms with Gasteiger partial charge in [-0.2, -0.15) is 0 Å². The smallest absolute Gasteiger partial charge is 0.154 e. The molecule has 2 heterocycles. The average Bonchev–Trinajstić information content (AvgIpc) is 2.64. The first kappa shape index (κ1) is 31.3. The van der Waals surface area contributed by atoms with Crippen LogP contribution in [-0.2, 0) is 14.3 Å². The first-order valence-corrected chi connectivity index (χ1v) is 11.4. The topological polar surface area (TPSA) is 177 Å². The minimum atomic E-state index is -1.92. The van der Waals surface area contributed by atoms with Crippen molar-refractivity contribution in [3.8, 4) is 0 Å². The second-order valence-corrected chi connectivity index (χ2v) is 12.3. The van der Waals surface area contributed by atoms with Crippen molar-refractivity contribution in [3.05, 3.63) is 0 Å². The summed E-state index contributed by atoms with van der Waals surface area (Å²) in [5.41, 5.74) is -16.1. The second kappa shape index (κ2) is 7.90. The van der Waals surface area contributed by atoms with Crippen molar-refractivity contribution < 1.29 is 50.0 Å². The first-order valence-electron chi connectivity index (χ1n) is 11.4. The molecule has 2 aliphatic rings. The number of rotatable bonds is 2. The molecule has 7 N–H and O–H groups in total. The molecule has 0 aromatic carbocycles. The Morgan fingerprint density at radius 1 is 0.529 bits per heavy atom. The van der Waals surface area contributed by atoms with Gasteiger partial charge in [-0.25, -0.2) is 0 Å². The molecular formula is C24H46O10. The van der Waals surface area contributed by atoms with Gasteiger partial charge in [0.15, 0.2) is 11.9 Å². The fourth-order valence-corrected chi connectivity index (χ4v) is 4.93. The van der Waals surface area contributed by atoms with E-state index in [1.165, 1.54) is 55.4 Å². The molecule has 0 aromatic rings. The number of hydrogen-bond donors (Lipinski definition) is 7. The molecule has 34 heavy (non-hydrogen) atoms. The van der Waals surface area contributed by atoms with Crippen molar-refractivity contribution in [1.29, 1.82) is 0 Å². The number of aliphatic hydroxyl groups excluding tert-OH is 1. The van der Waals surface area contributed by atoms with Gasteiger partial charge in [-0.05, 0) is 83.1 Å². The van der Waals surface area contributed by atoms with Gasteiger partial charge < -0.3 is 50.0 Å². The molecule has 8 unspecified atom stereocenters. The molecular weight excluding hydrogens is 448 g/mol. The van der Waals surface area contributed by atoms with Crippen molar-refractivity contribution in [3.63, 3.8) is 0 Å². The van der Waals surface area contributed by atoms with Crippen LogP contribution in [0.1, 0.15) is 83.1 Å². The zero-order valence-electron chi connectivity index (χ0n) is 22.6. The predicted molar refractivity (Wildman–Crippen MR) is 124 cm³/mol. The summed E-state index contributed by atoms with van der Waals surface area (Å²) >= 11 is 0. The molecule has 2 rings (SSSR count). The lowest BCUT2D eigenvalue weighted by molar-refractivity contribution is -0.398. The Morgan fingerprint density at radius 2 is 0.853 bits per heavy atom. The number of aliphatic hydroxyl groups is 7. The highest BCUT2D eigenvalue weighted by atomic mass is 16.6. The molecule has 2 aliphatic heterocycles. The van der Waals surface area contributed by atoms with Crippen LogP contribution in [-0.4, -0.2) is 105 Å². The summed E-state index contributed by atoms with van der Waals surface area (Å²) in [7, 11) is 0. The predicted octanol–water partition coefficient (Wildman–Crippen LogP) is -0.195. The zero-order valence-corrected chi connectivity index (χ0v) is 22.6. The minimum Gasteiger partial charge on any atom is -0.393 e. The molecule has 10 nitrogen and oxygen atoms in total. The average molecular weight is 495 g/mol. The van der Waals surface area contributed by atoms with E-state index in [0.717, 1.165) is 0 Å². The highest BCUT2D eigenvalue weighted by molar-refractivity contribution is 5.66. The molecule has 8 atom stereocenters. The number of carbonyl (C=O) groups excluding carboxylic acids is 1. The number of carbonyl (C=O) groups is 1. The van der Waals surface area contributed by atoms with Gasteiger partial charge in [-0.15, -0.1) is 0 Å². The van der Waals surface area contributed by atoms with E-state index in [9.17, 15) is 40.5 Å². The van der Waals surface area contributed by atoms with E-state index in [1.54, 1.807) is 27.7 Å². The van der Waals surface area contributed by atoms with Crippen LogP contribution in [0.2, 0.25) is 0 Å². The maximum absolute atomic E-state index is 11.2. The van der Waals surface area contributed by atoms with Crippen LogP contribution in [0, 0.1) is 0 Å². The highest BCUT2D eigenvalue weighted by Gasteiger charge is 2.73. The quantitative estimate of drug-likeness (QED) is 0.254. The molecule has 0 aliphatic carbocycles. The molecule has 2 saturated heterocycles. The van der Waals surface area contributed by atoms with Crippen molar-refractivity contribution >= 4 is 6.29 Å². The van der Waals surface area contributed by atoms with Crippen LogP contribution in [0.25, 0.3) is 0 Å². The maximum atomic E-state index is 11.2. The van der Waals surface area contributed by atoms with Gasteiger partial charge >= 0.3 is 0 Å². The molecule has 0 aromatic heterocycles. The Hall–Kier alpha value is -0.690. The lowest BCUT2D eigenvalue weighted by Crippen LogP contribution is -2.83. The van der Waals surface area contributed by atoms with Gasteiger partial charge in [0.1, 0.15) is 39.2 Å². The van der Waals surface area contributed by atoms with E-state index in [0.29, 0.717) is 6.29 Å². The van der Waals surface area contributed by atoms with Crippen LogP contribution in [0.15, 0.2) is 0 Å². The van der Waals surface area contributed by atoms with E-state index in [4.69, 9.17) is 9.47 Å². The normalized spacial score (nSPS) is 54.6. The monoisotopic (exact) mass is 494 g/mol. The van der Waals surface area contributed by atoms with E-state index < -0.39 is 62.6 Å². The summed E-state index contributed by atoms with van der Waals surface area (Å²) in [6.45, 7) is 16.9. The summed E-state index contributed by atoms with van der Waals surface area (Å²) < 4.78 is 11.2. The fourth-order valence-electron chi connectivity index (χ4n) is 4.93. The third-order valence-corrected chi connectivity index (χ3v) is 9.61. The lowest BCUT2D eigenvalue weighted by Gasteiger charge is -2.65. The molecule has 10 heteroatoms. The summed E-state index contributed by atoms with van der Waals surface area (Å²) in [6.07, 6.45) is 0.457. The van der Waals surface area contributed by atoms with Crippen LogP contribution >= 0.6 is 0 Å². The standard InChI is InChI=1S/C12H24O5.C12H22O5/c2*1-8(2)10(4,14)12(6,16)11(5,15)9(3,7-13)17-8/h13-16H,7H2,1-6H3;7,14-16H,1-6H3. The van der Waals surface area contributed by atoms with Crippen LogP contribution in [0.4, 0.5) is 0 Å². The first-order chi connectivity index (χ1) is 14.5. The summed E-state index contributed by atoms with van der Waals surface area (Å²) in [5, 5.41) is 72.3. The van der Waals surface area contributed by atoms with Gasteiger partial charge in [0.25, 0.3) is 0 Å². The molecule has 2 fully saturated rings. The number of hydrogen-bond acceptors (Lipinski definition) is 10. The molecule has 0 bridgehead atoms. The van der Waals surface area contributed by atoms with Crippen LogP contribution in [0.5, 0.6) is 0 Å². The molecule has 0 amide bonds. The summed E-state index contributed by atoms with van der Waals surface area (Å²) in [6, 6.07) is 0. The molecule has 0 spiro atoms. The van der Waals surface area contributed by atoms with E-state index >= 15 is 0 Å². The van der Waals surface area contributed by atoms with E-state index in [2.05, 4.69) is 0 Å². The molecule has 202 valence electrons. The molecule has 0 saturated carbocycles. The van der Waals surface area contributed by atoms with Gasteiger partial charge in [0.2, 0.25) is 0 Å². The van der Waals surface area contributed by atoms with Crippen molar-refractivity contribution in [1.82, 2.24) is 0 Å². The Morgan fingerprint density at radius 3 is 1.18 bits per heavy atom. The van der Waals surface area contributed by atoms with Crippen LogP contribution in [0.3, 0.4) is 0 Å². The SMILES string of the molecule is CC1(C)OC(C)(C=O)C(C)(O)C(C)(O)C1(C)O.CC1(C)OC(C)(CO)C(C)(O)C(C)(O)C1(C)O. The Labute approximate surface area is 202 Å². The molecule has 0 radical (unpaired) electrons. The zero-order chi connectivity index (χ0) is 27.8. The second-order valence-electron chi connectivity index (χ2n) is 12.3. The Balaban J connectivity index is 0.000000340. The van der Waals surface area contributed by atoms with Crippen LogP contribution < -0.4 is 0 Å². The number of ether oxygens (including phenoxy) is 2. The van der Waals surface area contributed by atoms with E-state index in [1.807, 2.05) is 0 Å². The lowest BCUT2D eigenvalue weighted by atomic mass is 9.59. The maximum Gasteiger partial charge on any atom is 0.154 e. The van der Waals surface area contributed by atoms with Crippen molar-refractivity contribution in [2.75, 3.05) is 6.61 Å². The summed E-state index contributed by atoms with van der Waals surface area (Å²) in [4.78, 5) is 11.2. The Kier molecular flexibility index (Phi) is 7.28. The third-order valence-electron chi connectivity index (χ3n) is 9.61. The van der Waals surface area contributed by atoms with Gasteiger partial charge in [0, 0.05) is 0 Å². The van der Waals surface area contributed by atoms with Gasteiger partial charge in [-0.3, -0.25) is 0 Å². The van der Waals surface area contributed by atoms with E-state index in [-0.39, 0.29) is 0 Å².